The molecule has 0 aromatic heterocycles. The molecule has 0 N–H and O–H groups in total. The second kappa shape index (κ2) is 11.9. The van der Waals surface area contributed by atoms with E-state index in [0.29, 0.717) is 0 Å². The molecule has 4 heteroatoms. The largest absolute Gasteiger partial charge is 0.311 e. The van der Waals surface area contributed by atoms with Crippen molar-refractivity contribution in [2.24, 2.45) is 0 Å². The first kappa shape index (κ1) is 33.4. The summed E-state index contributed by atoms with van der Waals surface area (Å²) in [6.07, 6.45) is 0. The average molecular weight is 744 g/mol. The van der Waals surface area contributed by atoms with Crippen molar-refractivity contribution < 1.29 is 0 Å². The Bertz CT molecular complexity index is 2790. The van der Waals surface area contributed by atoms with Crippen LogP contribution in [0.5, 0.6) is 0 Å². The van der Waals surface area contributed by atoms with E-state index in [9.17, 15) is 0 Å². The number of para-hydroxylation sites is 6. The fraction of sp³-hybridized carbons (Fsp3) is 0.111. The lowest BCUT2D eigenvalue weighted by molar-refractivity contribution is 0.632. The van der Waals surface area contributed by atoms with E-state index in [1.807, 2.05) is 0 Å². The van der Waals surface area contributed by atoms with E-state index in [4.69, 9.17) is 0 Å². The van der Waals surface area contributed by atoms with E-state index < -0.39 is 0 Å². The van der Waals surface area contributed by atoms with Crippen molar-refractivity contribution in [1.29, 1.82) is 0 Å². The van der Waals surface area contributed by atoms with Crippen molar-refractivity contribution >= 4 is 74.3 Å². The molecule has 0 amide bonds. The molecule has 0 atom stereocenters. The molecule has 4 heterocycles. The highest BCUT2D eigenvalue weighted by atomic mass is 15.2. The highest BCUT2D eigenvalue weighted by Crippen LogP contribution is 2.57. The zero-order chi connectivity index (χ0) is 38.9. The third kappa shape index (κ3) is 4.40. The van der Waals surface area contributed by atoms with Gasteiger partial charge in [-0.2, -0.15) is 0 Å². The molecule has 0 saturated heterocycles. The maximum absolute atomic E-state index is 2.61. The van der Waals surface area contributed by atoms with Crippen LogP contribution in [0.4, 0.5) is 51.2 Å². The topological polar surface area (TPSA) is 9.72 Å². The Morgan fingerprint density at radius 2 is 0.793 bits per heavy atom. The number of rotatable bonds is 4. The van der Waals surface area contributed by atoms with Gasteiger partial charge in [-0.15, -0.1) is 0 Å². The van der Waals surface area contributed by atoms with Gasteiger partial charge in [0.2, 0.25) is 0 Å². The van der Waals surface area contributed by atoms with Crippen molar-refractivity contribution in [1.82, 2.24) is 0 Å². The van der Waals surface area contributed by atoms with Crippen molar-refractivity contribution in [3.63, 3.8) is 0 Å². The van der Waals surface area contributed by atoms with Crippen LogP contribution in [-0.4, -0.2) is 6.71 Å². The average Bonchev–Trinajstić information content (AvgIpc) is 3.26. The maximum atomic E-state index is 2.61. The molecular weight excluding hydrogens is 701 g/mol. The molecule has 8 aromatic rings. The van der Waals surface area contributed by atoms with E-state index in [-0.39, 0.29) is 17.5 Å². The molecule has 4 aliphatic rings. The third-order valence-corrected chi connectivity index (χ3v) is 13.6. The molecule has 0 aliphatic carbocycles. The van der Waals surface area contributed by atoms with Gasteiger partial charge in [-0.1, -0.05) is 149 Å². The Hall–Kier alpha value is -6.78. The second-order valence-electron chi connectivity index (χ2n) is 17.4. The molecule has 0 saturated carbocycles. The van der Waals surface area contributed by atoms with Gasteiger partial charge >= 0.3 is 0 Å². The van der Waals surface area contributed by atoms with Gasteiger partial charge in [0.25, 0.3) is 6.71 Å². The van der Waals surface area contributed by atoms with Gasteiger partial charge in [0, 0.05) is 50.6 Å². The minimum absolute atomic E-state index is 0.0891. The van der Waals surface area contributed by atoms with Gasteiger partial charge in [0.15, 0.2) is 0 Å². The number of fused-ring (bicyclic) bond motifs is 8. The Morgan fingerprint density at radius 3 is 1.28 bits per heavy atom. The van der Waals surface area contributed by atoms with Gasteiger partial charge in [-0.25, -0.2) is 0 Å². The Morgan fingerprint density at radius 1 is 0.379 bits per heavy atom. The highest BCUT2D eigenvalue weighted by Gasteiger charge is 2.50. The molecular formula is C54H42BN3. The molecule has 0 fully saturated rings. The highest BCUT2D eigenvalue weighted by molar-refractivity contribution is 7.00. The van der Waals surface area contributed by atoms with Crippen LogP contribution in [0, 0.1) is 0 Å². The van der Waals surface area contributed by atoms with Gasteiger partial charge in [0.1, 0.15) is 0 Å². The van der Waals surface area contributed by atoms with Crippen LogP contribution >= 0.6 is 0 Å². The Kier molecular flexibility index (Phi) is 6.83. The lowest BCUT2D eigenvalue weighted by Gasteiger charge is -2.52. The van der Waals surface area contributed by atoms with Crippen molar-refractivity contribution in [3.8, 4) is 11.1 Å². The molecule has 0 radical (unpaired) electrons. The second-order valence-corrected chi connectivity index (χ2v) is 17.4. The summed E-state index contributed by atoms with van der Waals surface area (Å²) in [6, 6.07) is 67.8. The summed E-state index contributed by atoms with van der Waals surface area (Å²) in [5.74, 6) is 0. The van der Waals surface area contributed by atoms with E-state index in [1.165, 1.54) is 83.9 Å². The molecule has 3 nitrogen and oxygen atoms in total. The predicted octanol–water partition coefficient (Wildman–Crippen LogP) is 12.2. The number of hydrogen-bond acceptors (Lipinski definition) is 3. The van der Waals surface area contributed by atoms with Crippen molar-refractivity contribution in [3.05, 3.63) is 204 Å². The SMILES string of the molecule is CC1(C)c2ccccc2N2c3cc(-c4ccc(N(c5ccccc5)c5ccccc5)cc4)cc4c3B(c3cccc1c32)c1cccc2c1N4c1ccccc1C2(C)C. The molecule has 0 spiro atoms. The Balaban J connectivity index is 1.13. The first-order valence-electron chi connectivity index (χ1n) is 20.6. The molecule has 276 valence electrons. The fourth-order valence-electron chi connectivity index (χ4n) is 10.9. The van der Waals surface area contributed by atoms with Crippen LogP contribution in [0.1, 0.15) is 49.9 Å². The van der Waals surface area contributed by atoms with Gasteiger partial charge in [-0.3, -0.25) is 0 Å². The van der Waals surface area contributed by atoms with Crippen LogP contribution in [0.2, 0.25) is 0 Å². The summed E-state index contributed by atoms with van der Waals surface area (Å²) in [5.41, 5.74) is 22.8. The minimum Gasteiger partial charge on any atom is -0.311 e. The summed E-state index contributed by atoms with van der Waals surface area (Å²) in [6.45, 7) is 9.69. The molecule has 4 aliphatic heterocycles. The fourth-order valence-corrected chi connectivity index (χ4v) is 10.9. The molecule has 12 rings (SSSR count). The number of benzene rings is 8. The Labute approximate surface area is 341 Å². The van der Waals surface area contributed by atoms with Crippen molar-refractivity contribution in [2.75, 3.05) is 14.7 Å². The molecule has 8 aromatic carbocycles. The quantitative estimate of drug-likeness (QED) is 0.166. The van der Waals surface area contributed by atoms with E-state index in [0.717, 1.165) is 17.1 Å². The molecule has 0 bridgehead atoms. The molecule has 0 unspecified atom stereocenters. The maximum Gasteiger partial charge on any atom is 0.252 e. The summed E-state index contributed by atoms with van der Waals surface area (Å²) >= 11 is 0. The van der Waals surface area contributed by atoms with E-state index >= 15 is 0 Å². The van der Waals surface area contributed by atoms with Gasteiger partial charge in [0.05, 0.1) is 11.4 Å². The van der Waals surface area contributed by atoms with Crippen LogP contribution in [0.3, 0.4) is 0 Å². The van der Waals surface area contributed by atoms with Crippen LogP contribution in [0.15, 0.2) is 182 Å². The molecule has 58 heavy (non-hydrogen) atoms. The lowest BCUT2D eigenvalue weighted by atomic mass is 9.32. The first-order chi connectivity index (χ1) is 28.3. The normalized spacial score (nSPS) is 15.4. The van der Waals surface area contributed by atoms with Gasteiger partial charge < -0.3 is 14.7 Å². The standard InChI is InChI=1S/C54H42BN3/c1-53(2)40-21-11-13-27-46(40)57-48-33-36(35-29-31-39(32-30-35)56(37-17-7-5-8-18-37)38-19-9-6-10-20-38)34-49-50(48)55(44-25-15-23-42(53)51(44)57)45-26-16-24-43-52(45)58(49)47-28-14-12-22-41(47)54(43,3)4/h5-34H,1-4H3. The van der Waals surface area contributed by atoms with Crippen LogP contribution < -0.4 is 31.1 Å². The zero-order valence-corrected chi connectivity index (χ0v) is 33.2. The number of nitrogens with zero attached hydrogens (tertiary/aromatic N) is 3. The zero-order valence-electron chi connectivity index (χ0n) is 33.2. The van der Waals surface area contributed by atoms with E-state index in [2.05, 4.69) is 224 Å². The number of hydrogen-bond donors (Lipinski definition) is 0. The third-order valence-electron chi connectivity index (χ3n) is 13.6. The van der Waals surface area contributed by atoms with Gasteiger partial charge in [-0.05, 0) is 110 Å². The summed E-state index contributed by atoms with van der Waals surface area (Å²) in [7, 11) is 0. The smallest absolute Gasteiger partial charge is 0.252 e. The van der Waals surface area contributed by atoms with Crippen LogP contribution in [-0.2, 0) is 10.8 Å². The monoisotopic (exact) mass is 743 g/mol. The van der Waals surface area contributed by atoms with Crippen molar-refractivity contribution in [2.45, 2.75) is 38.5 Å². The lowest BCUT2D eigenvalue weighted by Crippen LogP contribution is -2.63. The predicted molar refractivity (Wildman–Crippen MR) is 245 cm³/mol. The van der Waals surface area contributed by atoms with Crippen LogP contribution in [0.25, 0.3) is 11.1 Å². The summed E-state index contributed by atoms with van der Waals surface area (Å²) in [4.78, 5) is 7.56. The van der Waals surface area contributed by atoms with E-state index in [1.54, 1.807) is 0 Å². The summed E-state index contributed by atoms with van der Waals surface area (Å²) < 4.78 is 0. The minimum atomic E-state index is -0.159. The first-order valence-corrected chi connectivity index (χ1v) is 20.6. The number of anilines is 9. The summed E-state index contributed by atoms with van der Waals surface area (Å²) in [5, 5.41) is 0.